The van der Waals surface area contributed by atoms with E-state index in [0.717, 1.165) is 45.5 Å². The van der Waals surface area contributed by atoms with E-state index >= 15 is 0 Å². The first kappa shape index (κ1) is 58.3. The third kappa shape index (κ3) is 16.4. The van der Waals surface area contributed by atoms with Gasteiger partial charge in [0.2, 0.25) is 0 Å². The Morgan fingerprint density at radius 2 is 0.512 bits per heavy atom. The van der Waals surface area contributed by atoms with Crippen molar-refractivity contribution in [1.82, 2.24) is 0 Å². The minimum Gasteiger partial charge on any atom is -0.423 e. The van der Waals surface area contributed by atoms with E-state index in [1.54, 1.807) is 115 Å². The van der Waals surface area contributed by atoms with Crippen LogP contribution in [0.15, 0.2) is 241 Å². The highest BCUT2D eigenvalue weighted by molar-refractivity contribution is 7.43. The van der Waals surface area contributed by atoms with Crippen LogP contribution in [0.1, 0.15) is 33.4 Å². The lowest BCUT2D eigenvalue weighted by molar-refractivity contribution is -0.129. The summed E-state index contributed by atoms with van der Waals surface area (Å²) in [5.41, 5.74) is 5.32. The van der Waals surface area contributed by atoms with Crippen molar-refractivity contribution in [3.8, 4) is 74.4 Å². The first-order valence-electron chi connectivity index (χ1n) is 24.9. The number of rotatable bonds is 29. The van der Waals surface area contributed by atoms with Gasteiger partial charge in [-0.2, -0.15) is 0 Å². The molecule has 8 aromatic rings. The van der Waals surface area contributed by atoms with Gasteiger partial charge in [-0.1, -0.05) is 162 Å². The molecular weight excluding hydrogens is 1090 g/mol. The molecule has 8 rings (SSSR count). The molecule has 0 aliphatic rings. The van der Waals surface area contributed by atoms with Crippen molar-refractivity contribution >= 4 is 74.2 Å². The lowest BCUT2D eigenvalue weighted by Gasteiger charge is -2.25. The minimum atomic E-state index is -2.53. The predicted octanol–water partition coefficient (Wildman–Crippen LogP) is 18.7. The van der Waals surface area contributed by atoms with E-state index < -0.39 is 37.7 Å². The molecule has 0 bridgehead atoms. The smallest absolute Gasteiger partial charge is 0.423 e. The van der Waals surface area contributed by atoms with Crippen molar-refractivity contribution in [2.75, 3.05) is 0 Å². The highest BCUT2D eigenvalue weighted by Crippen LogP contribution is 2.56. The van der Waals surface area contributed by atoms with E-state index in [1.165, 1.54) is 24.3 Å². The fourth-order valence-electron chi connectivity index (χ4n) is 7.11. The molecule has 0 fully saturated rings. The molecule has 82 heavy (non-hydrogen) atoms. The van der Waals surface area contributed by atoms with Crippen LogP contribution in [-0.2, 0) is 9.59 Å². The molecule has 0 aliphatic heterocycles. The molecule has 13 nitrogen and oxygen atoms in total. The summed E-state index contributed by atoms with van der Waals surface area (Å²) in [5, 5.41) is 0. The Morgan fingerprint density at radius 3 is 0.768 bits per heavy atom. The molecule has 0 heterocycles. The zero-order chi connectivity index (χ0) is 57.8. The summed E-state index contributed by atoms with van der Waals surface area (Å²) >= 11 is 0. The number of hydrogen-bond acceptors (Lipinski definition) is 13. The van der Waals surface area contributed by atoms with Gasteiger partial charge in [0, 0.05) is 35.9 Å². The number of benzene rings is 8. The largest absolute Gasteiger partial charge is 0.530 e. The molecule has 0 saturated carbocycles. The monoisotopic (exact) mass is 1150 g/mol. The molecule has 0 amide bonds. The number of carbonyl (C=O) groups excluding carboxylic acids is 2. The molecule has 8 aromatic carbocycles. The topological polar surface area (TPSA) is 136 Å². The minimum absolute atomic E-state index is 0.00572. The zero-order valence-corrected chi connectivity index (χ0v) is 46.9. The summed E-state index contributed by atoms with van der Waals surface area (Å²) in [6.07, 6.45) is 12.2. The Hall–Kier alpha value is -9.89. The third-order valence-electron chi connectivity index (χ3n) is 11.3. The maximum atomic E-state index is 13.2. The van der Waals surface area contributed by atoms with Crippen LogP contribution in [0.2, 0.25) is 0 Å². The second-order valence-electron chi connectivity index (χ2n) is 16.8. The van der Waals surface area contributed by atoms with Crippen LogP contribution < -0.4 is 50.2 Å². The zero-order valence-electron chi connectivity index (χ0n) is 44.2. The fraction of sp³-hybridized carbons (Fsp3) is 0. The summed E-state index contributed by atoms with van der Waals surface area (Å²) in [6, 6.07) is 50.0. The van der Waals surface area contributed by atoms with Gasteiger partial charge in [0.05, 0.1) is 5.56 Å². The molecule has 0 aliphatic carbocycles. The van der Waals surface area contributed by atoms with E-state index in [9.17, 15) is 9.59 Å². The molecule has 0 radical (unpaired) electrons. The van der Waals surface area contributed by atoms with Crippen molar-refractivity contribution in [3.05, 3.63) is 274 Å². The second kappa shape index (κ2) is 28.8. The van der Waals surface area contributed by atoms with Crippen molar-refractivity contribution < 1.29 is 59.8 Å². The number of carbonyl (C=O) groups is 2. The Balaban J connectivity index is 1.37. The van der Waals surface area contributed by atoms with Gasteiger partial charge < -0.3 is 50.2 Å². The van der Waals surface area contributed by atoms with Gasteiger partial charge in [0.25, 0.3) is 0 Å². The van der Waals surface area contributed by atoms with Gasteiger partial charge >= 0.3 is 37.7 Å². The van der Waals surface area contributed by atoms with Crippen LogP contribution in [0.3, 0.4) is 0 Å². The van der Waals surface area contributed by atoms with Crippen molar-refractivity contribution in [2.24, 2.45) is 0 Å². The molecule has 0 spiro atoms. The number of ether oxygens (including phenoxy) is 2. The Labute approximate surface area is 480 Å². The van der Waals surface area contributed by atoms with Gasteiger partial charge in [-0.3, -0.25) is 0 Å². The van der Waals surface area contributed by atoms with Crippen LogP contribution in [0.4, 0.5) is 0 Å². The maximum absolute atomic E-state index is 13.2. The van der Waals surface area contributed by atoms with E-state index in [4.69, 9.17) is 50.2 Å². The summed E-state index contributed by atoms with van der Waals surface area (Å²) in [6.45, 7) is 30.5. The highest BCUT2D eigenvalue weighted by atomic mass is 31.2. The maximum Gasteiger partial charge on any atom is 0.530 e. The molecular formula is C66H53O13P3. The number of hydrogen-bond donors (Lipinski definition) is 0. The van der Waals surface area contributed by atoms with E-state index in [0.29, 0.717) is 34.5 Å². The molecule has 0 atom stereocenters. The van der Waals surface area contributed by atoms with Crippen LogP contribution in [0.25, 0.3) is 47.6 Å². The predicted molar refractivity (Wildman–Crippen MR) is 329 cm³/mol. The van der Waals surface area contributed by atoms with Gasteiger partial charge in [0.1, 0.15) is 63.2 Å². The first-order valence-corrected chi connectivity index (χ1v) is 28.1. The Morgan fingerprint density at radius 1 is 0.280 bits per heavy atom. The van der Waals surface area contributed by atoms with Crippen LogP contribution >= 0.6 is 25.8 Å². The van der Waals surface area contributed by atoms with E-state index in [-0.39, 0.29) is 39.9 Å². The molecule has 0 aromatic heterocycles. The molecule has 0 unspecified atom stereocenters. The van der Waals surface area contributed by atoms with Crippen molar-refractivity contribution in [2.45, 2.75) is 0 Å². The average Bonchev–Trinajstić information content (AvgIpc) is 3.66. The van der Waals surface area contributed by atoms with Crippen molar-refractivity contribution in [3.63, 3.8) is 0 Å². The summed E-state index contributed by atoms with van der Waals surface area (Å²) in [7, 11) is -7.53. The van der Waals surface area contributed by atoms with Gasteiger partial charge in [0.15, 0.2) is 0 Å². The highest BCUT2D eigenvalue weighted by Gasteiger charge is 2.32. The lowest BCUT2D eigenvalue weighted by atomic mass is 10.0. The van der Waals surface area contributed by atoms with Gasteiger partial charge in [-0.25, -0.2) is 9.59 Å². The average molecular weight is 1150 g/mol. The van der Waals surface area contributed by atoms with Crippen LogP contribution in [-0.4, -0.2) is 11.9 Å². The second-order valence-corrected chi connectivity index (χ2v) is 19.8. The molecule has 0 N–H and O–H groups in total. The summed E-state index contributed by atoms with van der Waals surface area (Å²) in [4.78, 5) is 26.1. The Bertz CT molecular complexity index is 3290. The summed E-state index contributed by atoms with van der Waals surface area (Å²) in [5.74, 6) is 0.444. The Kier molecular flexibility index (Phi) is 20.5. The summed E-state index contributed by atoms with van der Waals surface area (Å²) < 4.78 is 71.6. The molecule has 16 heteroatoms. The number of esters is 2. The van der Waals surface area contributed by atoms with Crippen molar-refractivity contribution in [1.29, 1.82) is 0 Å². The van der Waals surface area contributed by atoms with Crippen LogP contribution in [0, 0.1) is 0 Å². The third-order valence-corrected chi connectivity index (χ3v) is 14.5. The van der Waals surface area contributed by atoms with E-state index in [1.807, 2.05) is 72.8 Å². The SMILES string of the molecule is C=CC(=O)Oc1ccc(-c2c(OP(Oc3ccc(C=C)cc3)Oc3ccc(C=C)cc3)cc(OC(=O)C=C)cc2OP(Oc2ccc(C=C)cc2)Oc2ccc(C=C)cc2)c(OP(Oc2ccc(C=C)cc2)Oc2ccc(C=C)cc2)c1. The fourth-order valence-corrected chi connectivity index (χ4v) is 10.1. The van der Waals surface area contributed by atoms with Gasteiger partial charge in [-0.15, -0.1) is 0 Å². The molecule has 410 valence electrons. The standard InChI is InChI=1S/C66H53O13P3/c1-9-46-17-29-52(30-18-46)71-80(72-53-31-19-47(10-2)20-32-53)77-61-43-58(69-64(67)15-7)41-42-60(61)66-62(78-81(73-54-33-21-48(11-3)22-34-54)74-55-35-23-49(12-4)24-36-55)44-59(70-65(68)16-8)45-63(66)79-82(75-56-37-25-50(13-5)26-38-56)76-57-39-27-51(14-6)28-40-57/h9-45H,1-8H2. The first-order chi connectivity index (χ1) is 40.0. The van der Waals surface area contributed by atoms with Gasteiger partial charge in [-0.05, 0) is 118 Å². The van der Waals surface area contributed by atoms with E-state index in [2.05, 4.69) is 52.6 Å². The van der Waals surface area contributed by atoms with Crippen LogP contribution in [0.5, 0.6) is 63.2 Å². The lowest BCUT2D eigenvalue weighted by Crippen LogP contribution is -2.09. The normalized spacial score (nSPS) is 10.5. The molecule has 0 saturated heterocycles. The quantitative estimate of drug-likeness (QED) is 0.0191.